The van der Waals surface area contributed by atoms with Crippen molar-refractivity contribution in [2.45, 2.75) is 60.3 Å². The van der Waals surface area contributed by atoms with Crippen LogP contribution < -0.4 is 34.0 Å². The first-order chi connectivity index (χ1) is 23.2. The van der Waals surface area contributed by atoms with E-state index in [4.69, 9.17) is 23.9 Å². The van der Waals surface area contributed by atoms with Gasteiger partial charge in [-0.1, -0.05) is 47.7 Å². The number of allylic oxidation sites excluding steroid dienone is 1. The number of esters is 1. The minimum absolute atomic E-state index is 0.0673. The highest BCUT2D eigenvalue weighted by Gasteiger charge is 2.34. The van der Waals surface area contributed by atoms with E-state index in [0.29, 0.717) is 50.0 Å². The van der Waals surface area contributed by atoms with Crippen molar-refractivity contribution < 1.29 is 23.7 Å². The van der Waals surface area contributed by atoms with Gasteiger partial charge in [-0.05, 0) is 83.0 Å². The lowest BCUT2D eigenvalue weighted by Gasteiger charge is -2.25. The van der Waals surface area contributed by atoms with Crippen LogP contribution in [-0.2, 0) is 16.1 Å². The summed E-state index contributed by atoms with van der Waals surface area (Å²) in [6.07, 6.45) is 1.78. The molecule has 0 fully saturated rings. The summed E-state index contributed by atoms with van der Waals surface area (Å²) in [7, 11) is 1.56. The molecule has 9 nitrogen and oxygen atoms in total. The summed E-state index contributed by atoms with van der Waals surface area (Å²) in [4.78, 5) is 35.2. The van der Waals surface area contributed by atoms with Crippen LogP contribution >= 0.6 is 11.3 Å². The van der Waals surface area contributed by atoms with Crippen LogP contribution in [0.5, 0.6) is 17.2 Å². The summed E-state index contributed by atoms with van der Waals surface area (Å²) in [6, 6.07) is 20.7. The number of anilines is 1. The molecule has 0 aliphatic carbocycles. The second-order valence-corrected chi connectivity index (χ2v) is 12.6. The van der Waals surface area contributed by atoms with E-state index in [0.717, 1.165) is 29.9 Å². The molecule has 5 rings (SSSR count). The molecule has 2 heterocycles. The molecule has 0 bridgehead atoms. The highest BCUT2D eigenvalue weighted by Crippen LogP contribution is 2.36. The molecule has 0 saturated heterocycles. The van der Waals surface area contributed by atoms with E-state index in [-0.39, 0.29) is 18.3 Å². The number of rotatable bonds is 13. The van der Waals surface area contributed by atoms with E-state index >= 15 is 0 Å². The Bertz CT molecular complexity index is 1980. The van der Waals surface area contributed by atoms with E-state index in [1.165, 1.54) is 11.3 Å². The van der Waals surface area contributed by atoms with E-state index in [1.807, 2.05) is 74.5 Å². The minimum Gasteiger partial charge on any atom is -0.493 e. The number of thiazole rings is 1. The normalized spacial score (nSPS) is 14.4. The number of carbonyl (C=O) groups is 1. The first-order valence-electron chi connectivity index (χ1n) is 16.3. The zero-order valence-electron chi connectivity index (χ0n) is 28.6. The Balaban J connectivity index is 1.66. The predicted octanol–water partition coefficient (Wildman–Crippen LogP) is 6.02. The summed E-state index contributed by atoms with van der Waals surface area (Å²) < 4.78 is 25.5. The second kappa shape index (κ2) is 15.4. The van der Waals surface area contributed by atoms with Crippen LogP contribution in [0.2, 0.25) is 0 Å². The highest BCUT2D eigenvalue weighted by atomic mass is 32.1. The van der Waals surface area contributed by atoms with Gasteiger partial charge in [0.15, 0.2) is 16.3 Å². The maximum atomic E-state index is 14.4. The molecule has 0 amide bonds. The van der Waals surface area contributed by atoms with Crippen LogP contribution in [0.4, 0.5) is 5.69 Å². The smallest absolute Gasteiger partial charge is 0.338 e. The molecule has 252 valence electrons. The third-order valence-corrected chi connectivity index (χ3v) is 9.02. The van der Waals surface area contributed by atoms with Crippen LogP contribution in [0.15, 0.2) is 87.8 Å². The van der Waals surface area contributed by atoms with Gasteiger partial charge in [-0.2, -0.15) is 0 Å². The molecule has 48 heavy (non-hydrogen) atoms. The van der Waals surface area contributed by atoms with Gasteiger partial charge in [0.05, 0.1) is 41.7 Å². The molecule has 3 aromatic carbocycles. The summed E-state index contributed by atoms with van der Waals surface area (Å²) in [5.41, 5.74) is 4.02. The lowest BCUT2D eigenvalue weighted by Crippen LogP contribution is -2.40. The number of methoxy groups -OCH3 is 1. The molecule has 4 aromatic rings. The third-order valence-electron chi connectivity index (χ3n) is 8.03. The first-order valence-corrected chi connectivity index (χ1v) is 17.1. The number of aromatic nitrogens is 1. The number of carbonyl (C=O) groups excluding carboxylic acids is 1. The van der Waals surface area contributed by atoms with Crippen molar-refractivity contribution in [2.24, 2.45) is 4.99 Å². The van der Waals surface area contributed by atoms with Crippen molar-refractivity contribution in [3.05, 3.63) is 114 Å². The average molecular weight is 670 g/mol. The minimum atomic E-state index is -0.789. The topological polar surface area (TPSA) is 91.6 Å². The molecule has 10 heteroatoms. The number of fused-ring (bicyclic) bond motifs is 1. The van der Waals surface area contributed by atoms with Crippen molar-refractivity contribution >= 4 is 29.1 Å². The van der Waals surface area contributed by atoms with E-state index in [1.54, 1.807) is 37.7 Å². The number of ether oxygens (including phenoxy) is 4. The molecule has 0 spiro atoms. The van der Waals surface area contributed by atoms with Gasteiger partial charge in [-0.15, -0.1) is 0 Å². The van der Waals surface area contributed by atoms with Gasteiger partial charge in [0.25, 0.3) is 5.56 Å². The summed E-state index contributed by atoms with van der Waals surface area (Å²) in [5, 5.41) is 0. The maximum Gasteiger partial charge on any atom is 0.338 e. The quantitative estimate of drug-likeness (QED) is 0.161. The Labute approximate surface area is 285 Å². The Morgan fingerprint density at radius 3 is 2.42 bits per heavy atom. The van der Waals surface area contributed by atoms with Crippen LogP contribution in [0.1, 0.15) is 64.3 Å². The largest absolute Gasteiger partial charge is 0.493 e. The van der Waals surface area contributed by atoms with E-state index in [9.17, 15) is 9.59 Å². The zero-order chi connectivity index (χ0) is 34.4. The molecular weight excluding hydrogens is 627 g/mol. The molecule has 1 aliphatic rings. The van der Waals surface area contributed by atoms with Gasteiger partial charge in [-0.3, -0.25) is 9.36 Å². The fourth-order valence-corrected chi connectivity index (χ4v) is 6.78. The molecule has 0 saturated carbocycles. The predicted molar refractivity (Wildman–Crippen MR) is 190 cm³/mol. The van der Waals surface area contributed by atoms with E-state index in [2.05, 4.69) is 18.7 Å². The van der Waals surface area contributed by atoms with Gasteiger partial charge >= 0.3 is 5.97 Å². The van der Waals surface area contributed by atoms with Crippen molar-refractivity contribution in [1.29, 1.82) is 0 Å². The van der Waals surface area contributed by atoms with Crippen molar-refractivity contribution in [1.82, 2.24) is 4.57 Å². The van der Waals surface area contributed by atoms with Crippen LogP contribution in [0.25, 0.3) is 6.08 Å². The summed E-state index contributed by atoms with van der Waals surface area (Å²) in [6.45, 7) is 13.9. The Morgan fingerprint density at radius 2 is 1.75 bits per heavy atom. The number of hydrogen-bond donors (Lipinski definition) is 0. The third kappa shape index (κ3) is 7.33. The number of nitrogens with zero attached hydrogens (tertiary/aromatic N) is 3. The van der Waals surface area contributed by atoms with Crippen molar-refractivity contribution in [3.8, 4) is 17.2 Å². The Kier molecular flexibility index (Phi) is 11.1. The fraction of sp³-hybridized carbons (Fsp3) is 0.342. The average Bonchev–Trinajstić information content (AvgIpc) is 3.38. The monoisotopic (exact) mass is 669 g/mol. The molecule has 1 aliphatic heterocycles. The van der Waals surface area contributed by atoms with Crippen molar-refractivity contribution in [3.63, 3.8) is 0 Å². The van der Waals surface area contributed by atoms with Crippen molar-refractivity contribution in [2.75, 3.05) is 31.7 Å². The SMILES string of the molecule is CCOC(=O)C1=C(C)N=c2s/c(=C/c3ccc(N(CC)CC)cc3OCc3ccccc3)c(=O)n2[C@H]1c1ccc(OC(C)C)c(OC)c1. The highest BCUT2D eigenvalue weighted by molar-refractivity contribution is 7.07. The maximum absolute atomic E-state index is 14.4. The standard InChI is InChI=1S/C38H43N3O6S/c1-8-40(9-2)29-18-16-27(31(22-29)46-23-26-14-12-11-13-15-26)21-33-36(42)41-35(28-17-19-30(47-24(4)5)32(20-28)44-7)34(37(43)45-10-3)25(6)39-38(41)48-33/h11-22,24,35H,8-10,23H2,1-7H3/b33-21+/t35-/m0/s1. The van der Waals surface area contributed by atoms with Gasteiger partial charge in [0.1, 0.15) is 12.4 Å². The lowest BCUT2D eigenvalue weighted by atomic mass is 9.95. The molecular formula is C38H43N3O6S. The summed E-state index contributed by atoms with van der Waals surface area (Å²) >= 11 is 1.27. The first kappa shape index (κ1) is 34.5. The molecule has 0 radical (unpaired) electrons. The lowest BCUT2D eigenvalue weighted by molar-refractivity contribution is -0.139. The molecule has 0 unspecified atom stereocenters. The van der Waals surface area contributed by atoms with Crippen LogP contribution in [-0.4, -0.2) is 43.4 Å². The van der Waals surface area contributed by atoms with Gasteiger partial charge < -0.3 is 23.8 Å². The zero-order valence-corrected chi connectivity index (χ0v) is 29.4. The molecule has 0 N–H and O–H groups in total. The van der Waals surface area contributed by atoms with Crippen LogP contribution in [0.3, 0.4) is 0 Å². The molecule has 1 aromatic heterocycles. The number of hydrogen-bond acceptors (Lipinski definition) is 9. The Hall–Kier alpha value is -4.83. The molecule has 1 atom stereocenters. The summed E-state index contributed by atoms with van der Waals surface area (Å²) in [5.74, 6) is 1.20. The second-order valence-electron chi connectivity index (χ2n) is 11.5. The van der Waals surface area contributed by atoms with E-state index < -0.39 is 12.0 Å². The fourth-order valence-electron chi connectivity index (χ4n) is 5.74. The van der Waals surface area contributed by atoms with Gasteiger partial charge in [-0.25, -0.2) is 9.79 Å². The van der Waals surface area contributed by atoms with Crippen LogP contribution in [0, 0.1) is 0 Å². The Morgan fingerprint density at radius 1 is 1.00 bits per heavy atom. The van der Waals surface area contributed by atoms with Gasteiger partial charge in [0.2, 0.25) is 0 Å². The van der Waals surface area contributed by atoms with Gasteiger partial charge in [0, 0.05) is 30.4 Å². The number of benzene rings is 3.